The number of halogens is 2. The fourth-order valence-electron chi connectivity index (χ4n) is 4.28. The van der Waals surface area contributed by atoms with Gasteiger partial charge in [0, 0.05) is 29.3 Å². The maximum Gasteiger partial charge on any atom is 0.316 e. The van der Waals surface area contributed by atoms with E-state index >= 15 is 8.78 Å². The summed E-state index contributed by atoms with van der Waals surface area (Å²) in [7, 11) is 1.83. The molecule has 0 saturated carbocycles. The minimum absolute atomic E-state index is 0.000439. The molecule has 0 spiro atoms. The van der Waals surface area contributed by atoms with E-state index in [-0.39, 0.29) is 29.4 Å². The van der Waals surface area contributed by atoms with Crippen LogP contribution in [0.1, 0.15) is 29.8 Å². The third-order valence-corrected chi connectivity index (χ3v) is 7.66. The summed E-state index contributed by atoms with van der Waals surface area (Å²) in [6.45, 7) is 2.28. The lowest BCUT2D eigenvalue weighted by molar-refractivity contribution is -0.136. The fourth-order valence-corrected chi connectivity index (χ4v) is 5.13. The van der Waals surface area contributed by atoms with Crippen molar-refractivity contribution in [1.82, 2.24) is 9.88 Å². The van der Waals surface area contributed by atoms with Gasteiger partial charge in [-0.25, -0.2) is 9.37 Å². The predicted molar refractivity (Wildman–Crippen MR) is 159 cm³/mol. The van der Waals surface area contributed by atoms with E-state index in [1.165, 1.54) is 24.3 Å². The molecule has 0 aliphatic carbocycles. The Bertz CT molecular complexity index is 1750. The van der Waals surface area contributed by atoms with Crippen molar-refractivity contribution in [1.29, 1.82) is 5.26 Å². The first-order valence-corrected chi connectivity index (χ1v) is 14.3. The SMILES string of the molecule is CC(Sc1ccc(Oc2c(F)cnc(Oc3cc(C#N)ccc3OCc3ccccc3)c2F)c(C2N=CCN2C)c1)C(=O)O. The zero-order valence-electron chi connectivity index (χ0n) is 23.6. The molecule has 1 aromatic heterocycles. The Balaban J connectivity index is 1.46. The van der Waals surface area contributed by atoms with Gasteiger partial charge in [-0.1, -0.05) is 30.3 Å². The van der Waals surface area contributed by atoms with Gasteiger partial charge in [0.2, 0.25) is 11.6 Å². The lowest BCUT2D eigenvalue weighted by Crippen LogP contribution is -2.19. The van der Waals surface area contributed by atoms with Crippen LogP contribution in [0.5, 0.6) is 28.9 Å². The molecule has 1 N–H and O–H groups in total. The van der Waals surface area contributed by atoms with Gasteiger partial charge in [-0.2, -0.15) is 9.65 Å². The smallest absolute Gasteiger partial charge is 0.316 e. The minimum atomic E-state index is -1.21. The Morgan fingerprint density at radius 1 is 1.11 bits per heavy atom. The minimum Gasteiger partial charge on any atom is -0.485 e. The molecule has 4 aromatic rings. The molecular weight excluding hydrogens is 590 g/mol. The van der Waals surface area contributed by atoms with Gasteiger partial charge < -0.3 is 19.3 Å². The number of rotatable bonds is 11. The molecule has 0 radical (unpaired) electrons. The third-order valence-electron chi connectivity index (χ3n) is 6.58. The van der Waals surface area contributed by atoms with Crippen LogP contribution in [-0.4, -0.2) is 46.0 Å². The van der Waals surface area contributed by atoms with Crippen molar-refractivity contribution in [2.45, 2.75) is 29.8 Å². The summed E-state index contributed by atoms with van der Waals surface area (Å²) < 4.78 is 48.3. The summed E-state index contributed by atoms with van der Waals surface area (Å²) in [5, 5.41) is 18.0. The van der Waals surface area contributed by atoms with E-state index in [1.54, 1.807) is 25.3 Å². The fraction of sp³-hybridized carbons (Fsp3) is 0.188. The molecule has 44 heavy (non-hydrogen) atoms. The third kappa shape index (κ3) is 6.96. The molecule has 0 fully saturated rings. The standard InChI is InChI=1S/C32H26F2N4O5S/c1-19(32(39)40)44-22-9-11-25(23(15-22)30-36-12-13-38(30)2)42-29-24(33)17-37-31(28(29)34)43-27-14-21(16-35)8-10-26(27)41-18-20-6-4-3-5-7-20/h3-12,14-15,17,19,30H,13,18H2,1-2H3,(H,39,40). The molecule has 1 aliphatic heterocycles. The van der Waals surface area contributed by atoms with Crippen molar-refractivity contribution in [3.63, 3.8) is 0 Å². The van der Waals surface area contributed by atoms with Crippen LogP contribution < -0.4 is 14.2 Å². The number of carbonyl (C=O) groups is 1. The van der Waals surface area contributed by atoms with Crippen molar-refractivity contribution in [3.05, 3.63) is 101 Å². The molecule has 5 rings (SSSR count). The summed E-state index contributed by atoms with van der Waals surface area (Å²) in [4.78, 5) is 22.2. The molecule has 12 heteroatoms. The Morgan fingerprint density at radius 3 is 2.59 bits per heavy atom. The Morgan fingerprint density at radius 2 is 1.89 bits per heavy atom. The summed E-state index contributed by atoms with van der Waals surface area (Å²) in [5.74, 6) is -4.29. The van der Waals surface area contributed by atoms with Crippen LogP contribution in [0.4, 0.5) is 8.78 Å². The number of aliphatic imine (C=N–C) groups is 1. The van der Waals surface area contributed by atoms with Gasteiger partial charge in [0.25, 0.3) is 5.88 Å². The second kappa shape index (κ2) is 13.5. The number of carboxylic acids is 1. The predicted octanol–water partition coefficient (Wildman–Crippen LogP) is 6.98. The van der Waals surface area contributed by atoms with E-state index in [1.807, 2.05) is 48.3 Å². The van der Waals surface area contributed by atoms with Crippen molar-refractivity contribution in [2.24, 2.45) is 4.99 Å². The first-order valence-electron chi connectivity index (χ1n) is 13.4. The lowest BCUT2D eigenvalue weighted by atomic mass is 10.1. The number of hydrogen-bond acceptors (Lipinski definition) is 9. The number of nitriles is 1. The number of aromatic nitrogens is 1. The van der Waals surface area contributed by atoms with E-state index in [2.05, 4.69) is 9.98 Å². The van der Waals surface area contributed by atoms with Crippen LogP contribution >= 0.6 is 11.8 Å². The van der Waals surface area contributed by atoms with Gasteiger partial charge in [0.15, 0.2) is 17.3 Å². The van der Waals surface area contributed by atoms with Gasteiger partial charge in [0.1, 0.15) is 23.8 Å². The van der Waals surface area contributed by atoms with E-state index in [0.717, 1.165) is 23.5 Å². The number of pyridine rings is 1. The van der Waals surface area contributed by atoms with Gasteiger partial charge in [-0.3, -0.25) is 14.7 Å². The first-order chi connectivity index (χ1) is 21.2. The monoisotopic (exact) mass is 616 g/mol. The molecule has 2 unspecified atom stereocenters. The van der Waals surface area contributed by atoms with Crippen LogP contribution in [0.3, 0.4) is 0 Å². The van der Waals surface area contributed by atoms with Gasteiger partial charge >= 0.3 is 5.97 Å². The highest BCUT2D eigenvalue weighted by molar-refractivity contribution is 8.00. The number of carboxylic acid groups (broad SMARTS) is 1. The molecule has 0 saturated heterocycles. The van der Waals surface area contributed by atoms with E-state index in [0.29, 0.717) is 17.0 Å². The Labute approximate surface area is 256 Å². The molecule has 224 valence electrons. The number of ether oxygens (including phenoxy) is 3. The molecule has 2 atom stereocenters. The maximum atomic E-state index is 15.8. The van der Waals surface area contributed by atoms with E-state index < -0.39 is 40.6 Å². The van der Waals surface area contributed by atoms with Crippen LogP contribution in [0.25, 0.3) is 0 Å². The largest absolute Gasteiger partial charge is 0.485 e. The maximum absolute atomic E-state index is 15.8. The highest BCUT2D eigenvalue weighted by Gasteiger charge is 2.27. The molecule has 2 heterocycles. The number of hydrogen-bond donors (Lipinski definition) is 1. The van der Waals surface area contributed by atoms with Crippen LogP contribution in [0.15, 0.2) is 82.8 Å². The van der Waals surface area contributed by atoms with E-state index in [9.17, 15) is 15.2 Å². The lowest BCUT2D eigenvalue weighted by Gasteiger charge is -2.22. The van der Waals surface area contributed by atoms with Crippen molar-refractivity contribution in [2.75, 3.05) is 13.6 Å². The molecule has 0 amide bonds. The molecule has 0 bridgehead atoms. The second-order valence-electron chi connectivity index (χ2n) is 9.75. The van der Waals surface area contributed by atoms with Crippen LogP contribution in [-0.2, 0) is 11.4 Å². The summed E-state index contributed by atoms with van der Waals surface area (Å²) in [6.07, 6.45) is 1.96. The first kappa shape index (κ1) is 30.5. The van der Waals surface area contributed by atoms with Crippen LogP contribution in [0, 0.1) is 23.0 Å². The molecule has 1 aliphatic rings. The summed E-state index contributed by atoms with van der Waals surface area (Å²) in [5.41, 5.74) is 1.59. The molecule has 3 aromatic carbocycles. The van der Waals surface area contributed by atoms with Gasteiger partial charge in [0.05, 0.1) is 17.8 Å². The van der Waals surface area contributed by atoms with Crippen LogP contribution in [0.2, 0.25) is 0 Å². The Kier molecular flexibility index (Phi) is 9.38. The molecule has 9 nitrogen and oxygen atoms in total. The number of benzene rings is 3. The quantitative estimate of drug-likeness (QED) is 0.178. The number of nitrogens with zero attached hydrogens (tertiary/aromatic N) is 4. The Hall–Kier alpha value is -4.99. The summed E-state index contributed by atoms with van der Waals surface area (Å²) >= 11 is 1.12. The summed E-state index contributed by atoms with van der Waals surface area (Å²) in [6, 6.07) is 20.6. The number of thioether (sulfide) groups is 1. The highest BCUT2D eigenvalue weighted by Crippen LogP contribution is 2.41. The number of aliphatic carboxylic acids is 1. The zero-order valence-corrected chi connectivity index (χ0v) is 24.4. The topological polar surface area (TPSA) is 117 Å². The average molecular weight is 617 g/mol. The highest BCUT2D eigenvalue weighted by atomic mass is 32.2. The normalized spacial score (nSPS) is 15.0. The van der Waals surface area contributed by atoms with Crippen molar-refractivity contribution < 1.29 is 32.9 Å². The van der Waals surface area contributed by atoms with E-state index in [4.69, 9.17) is 14.2 Å². The van der Waals surface area contributed by atoms with Gasteiger partial charge in [-0.15, -0.1) is 11.8 Å². The van der Waals surface area contributed by atoms with Crippen molar-refractivity contribution >= 4 is 23.9 Å². The average Bonchev–Trinajstić information content (AvgIpc) is 3.46. The van der Waals surface area contributed by atoms with Gasteiger partial charge in [-0.05, 0) is 49.9 Å². The molecular formula is C32H26F2N4O5S. The zero-order chi connectivity index (χ0) is 31.2. The van der Waals surface area contributed by atoms with Crippen molar-refractivity contribution in [3.8, 4) is 34.9 Å². The second-order valence-corrected chi connectivity index (χ2v) is 11.2.